The minimum atomic E-state index is 0.214. The highest BCUT2D eigenvalue weighted by Gasteiger charge is 2.22. The van der Waals surface area contributed by atoms with E-state index in [0.29, 0.717) is 17.0 Å². The van der Waals surface area contributed by atoms with Gasteiger partial charge in [-0.3, -0.25) is 9.97 Å². The van der Waals surface area contributed by atoms with Crippen molar-refractivity contribution in [2.45, 2.75) is 26.1 Å². The minimum absolute atomic E-state index is 0.214. The highest BCUT2D eigenvalue weighted by Crippen LogP contribution is 2.38. The summed E-state index contributed by atoms with van der Waals surface area (Å²) in [6, 6.07) is 18.0. The standard InChI is InChI=1S/C28H26N4O2/c1-18-16-32(17-19(2)34-18)23-11-7-21(8-12-23)25-15-31-26-24(13-14-30-27(26)28(25)33-4)20-5-9-22(29-3)10-6-20/h5-15,18-19H,16-17H2,1-2,4H3/t18-,19+. The largest absolute Gasteiger partial charge is 0.494 e. The summed E-state index contributed by atoms with van der Waals surface area (Å²) in [6.45, 7) is 13.2. The van der Waals surface area contributed by atoms with Gasteiger partial charge in [-0.2, -0.15) is 0 Å². The summed E-state index contributed by atoms with van der Waals surface area (Å²) in [4.78, 5) is 15.2. The van der Waals surface area contributed by atoms with Gasteiger partial charge in [-0.15, -0.1) is 0 Å². The second kappa shape index (κ2) is 9.12. The number of morpholine rings is 1. The first kappa shape index (κ1) is 21.9. The molecular formula is C28H26N4O2. The van der Waals surface area contributed by atoms with Crippen molar-refractivity contribution in [1.29, 1.82) is 0 Å². The van der Waals surface area contributed by atoms with Crippen LogP contribution in [0.3, 0.4) is 0 Å². The summed E-state index contributed by atoms with van der Waals surface area (Å²) in [5.41, 5.74) is 7.15. The number of ether oxygens (including phenoxy) is 2. The van der Waals surface area contributed by atoms with Gasteiger partial charge < -0.3 is 14.4 Å². The van der Waals surface area contributed by atoms with Crippen molar-refractivity contribution in [2.75, 3.05) is 25.1 Å². The number of rotatable bonds is 4. The molecule has 170 valence electrons. The van der Waals surface area contributed by atoms with Crippen LogP contribution in [0.15, 0.2) is 67.0 Å². The molecule has 5 rings (SSSR count). The van der Waals surface area contributed by atoms with Crippen LogP contribution in [-0.2, 0) is 4.74 Å². The normalized spacial score (nSPS) is 18.0. The molecule has 0 radical (unpaired) electrons. The van der Waals surface area contributed by atoms with Gasteiger partial charge in [-0.1, -0.05) is 36.4 Å². The second-order valence-corrected chi connectivity index (χ2v) is 8.63. The van der Waals surface area contributed by atoms with Crippen molar-refractivity contribution < 1.29 is 9.47 Å². The summed E-state index contributed by atoms with van der Waals surface area (Å²) in [7, 11) is 1.67. The Bertz CT molecular complexity index is 1350. The van der Waals surface area contributed by atoms with Gasteiger partial charge in [0.1, 0.15) is 11.0 Å². The molecule has 0 bridgehead atoms. The molecule has 0 amide bonds. The van der Waals surface area contributed by atoms with E-state index in [2.05, 4.69) is 52.8 Å². The molecule has 6 nitrogen and oxygen atoms in total. The van der Waals surface area contributed by atoms with E-state index >= 15 is 0 Å². The first-order valence-electron chi connectivity index (χ1n) is 11.4. The number of nitrogens with zero attached hydrogens (tertiary/aromatic N) is 4. The van der Waals surface area contributed by atoms with Crippen molar-refractivity contribution in [3.05, 3.63) is 78.4 Å². The number of pyridine rings is 2. The molecule has 1 saturated heterocycles. The Kier molecular flexibility index (Phi) is 5.87. The highest BCUT2D eigenvalue weighted by atomic mass is 16.5. The summed E-state index contributed by atoms with van der Waals surface area (Å²) in [5, 5.41) is 0. The maximum atomic E-state index is 7.18. The fourth-order valence-corrected chi connectivity index (χ4v) is 4.67. The Hall–Kier alpha value is -3.95. The zero-order chi connectivity index (χ0) is 23.7. The lowest BCUT2D eigenvalue weighted by atomic mass is 10.0. The van der Waals surface area contributed by atoms with Gasteiger partial charge in [0.25, 0.3) is 0 Å². The molecule has 0 saturated carbocycles. The molecule has 2 aromatic heterocycles. The minimum Gasteiger partial charge on any atom is -0.494 e. The van der Waals surface area contributed by atoms with Crippen LogP contribution in [0.4, 0.5) is 11.4 Å². The van der Waals surface area contributed by atoms with Crippen molar-refractivity contribution >= 4 is 22.4 Å². The lowest BCUT2D eigenvalue weighted by Gasteiger charge is -2.36. The van der Waals surface area contributed by atoms with Crippen molar-refractivity contribution in [1.82, 2.24) is 9.97 Å². The molecule has 0 spiro atoms. The first-order valence-corrected chi connectivity index (χ1v) is 11.4. The third-order valence-electron chi connectivity index (χ3n) is 6.18. The zero-order valence-electron chi connectivity index (χ0n) is 19.5. The molecule has 3 heterocycles. The third-order valence-corrected chi connectivity index (χ3v) is 6.18. The first-order chi connectivity index (χ1) is 16.6. The van der Waals surface area contributed by atoms with Crippen LogP contribution in [0.25, 0.3) is 38.1 Å². The number of benzene rings is 2. The van der Waals surface area contributed by atoms with Gasteiger partial charge >= 0.3 is 0 Å². The predicted octanol–water partition coefficient (Wildman–Crippen LogP) is 6.14. The smallest absolute Gasteiger partial charge is 0.187 e. The second-order valence-electron chi connectivity index (χ2n) is 8.63. The van der Waals surface area contributed by atoms with Crippen LogP contribution >= 0.6 is 0 Å². The van der Waals surface area contributed by atoms with Crippen LogP contribution in [0.5, 0.6) is 5.75 Å². The lowest BCUT2D eigenvalue weighted by molar-refractivity contribution is -0.00521. The van der Waals surface area contributed by atoms with E-state index in [0.717, 1.165) is 40.9 Å². The Morgan fingerprint density at radius 1 is 0.882 bits per heavy atom. The maximum absolute atomic E-state index is 7.18. The molecule has 1 aliphatic heterocycles. The number of hydrogen-bond donors (Lipinski definition) is 0. The summed E-state index contributed by atoms with van der Waals surface area (Å²) in [5.74, 6) is 0.700. The molecule has 4 aromatic rings. The van der Waals surface area contributed by atoms with Gasteiger partial charge in [0.2, 0.25) is 0 Å². The fourth-order valence-electron chi connectivity index (χ4n) is 4.67. The van der Waals surface area contributed by atoms with Crippen LogP contribution < -0.4 is 9.64 Å². The lowest BCUT2D eigenvalue weighted by Crippen LogP contribution is -2.45. The predicted molar refractivity (Wildman–Crippen MR) is 135 cm³/mol. The third kappa shape index (κ3) is 4.07. The molecule has 34 heavy (non-hydrogen) atoms. The Morgan fingerprint density at radius 3 is 2.18 bits per heavy atom. The van der Waals surface area contributed by atoms with Crippen molar-refractivity contribution in [3.63, 3.8) is 0 Å². The van der Waals surface area contributed by atoms with E-state index < -0.39 is 0 Å². The van der Waals surface area contributed by atoms with Gasteiger partial charge in [0, 0.05) is 42.3 Å². The van der Waals surface area contributed by atoms with E-state index in [1.165, 1.54) is 5.69 Å². The zero-order valence-corrected chi connectivity index (χ0v) is 19.5. The summed E-state index contributed by atoms with van der Waals surface area (Å²) >= 11 is 0. The van der Waals surface area contributed by atoms with Crippen molar-refractivity contribution in [2.24, 2.45) is 0 Å². The molecule has 0 unspecified atom stereocenters. The van der Waals surface area contributed by atoms with Gasteiger partial charge in [-0.25, -0.2) is 4.85 Å². The van der Waals surface area contributed by atoms with E-state index in [9.17, 15) is 0 Å². The molecule has 2 aromatic carbocycles. The number of aromatic nitrogens is 2. The topological polar surface area (TPSA) is 51.8 Å². The van der Waals surface area contributed by atoms with E-state index in [1.54, 1.807) is 13.3 Å². The number of hydrogen-bond acceptors (Lipinski definition) is 5. The van der Waals surface area contributed by atoms with E-state index in [4.69, 9.17) is 21.0 Å². The van der Waals surface area contributed by atoms with Gasteiger partial charge in [0.05, 0.1) is 25.9 Å². The average molecular weight is 451 g/mol. The molecule has 0 N–H and O–H groups in total. The number of anilines is 1. The Morgan fingerprint density at radius 2 is 1.53 bits per heavy atom. The molecular weight excluding hydrogens is 424 g/mol. The van der Waals surface area contributed by atoms with Gasteiger partial charge in [-0.05, 0) is 43.2 Å². The van der Waals surface area contributed by atoms with E-state index in [-0.39, 0.29) is 12.2 Å². The molecule has 1 aliphatic rings. The SMILES string of the molecule is [C-]#[N+]c1ccc(-c2ccnc3c(OC)c(-c4ccc(N5C[C@@H](C)O[C@@H](C)C5)cc4)cnc23)cc1. The number of fused-ring (bicyclic) bond motifs is 1. The van der Waals surface area contributed by atoms with E-state index in [1.807, 2.05) is 36.5 Å². The van der Waals surface area contributed by atoms with Crippen LogP contribution in [-0.4, -0.2) is 42.4 Å². The van der Waals surface area contributed by atoms with Crippen LogP contribution in [0.1, 0.15) is 13.8 Å². The quantitative estimate of drug-likeness (QED) is 0.350. The van der Waals surface area contributed by atoms with Crippen LogP contribution in [0.2, 0.25) is 0 Å². The number of methoxy groups -OCH3 is 1. The molecule has 6 heteroatoms. The average Bonchev–Trinajstić information content (AvgIpc) is 2.87. The molecule has 2 atom stereocenters. The summed E-state index contributed by atoms with van der Waals surface area (Å²) in [6.07, 6.45) is 4.06. The monoisotopic (exact) mass is 450 g/mol. The van der Waals surface area contributed by atoms with Gasteiger partial charge in [0.15, 0.2) is 11.4 Å². The Balaban J connectivity index is 1.52. The molecule has 0 aliphatic carbocycles. The fraction of sp³-hybridized carbons (Fsp3) is 0.250. The Labute approximate surface area is 199 Å². The van der Waals surface area contributed by atoms with Crippen LogP contribution in [0, 0.1) is 6.57 Å². The molecule has 1 fully saturated rings. The van der Waals surface area contributed by atoms with Crippen molar-refractivity contribution in [3.8, 4) is 28.0 Å². The highest BCUT2D eigenvalue weighted by molar-refractivity contribution is 5.98. The summed E-state index contributed by atoms with van der Waals surface area (Å²) < 4.78 is 11.7. The maximum Gasteiger partial charge on any atom is 0.187 e.